The van der Waals surface area contributed by atoms with Gasteiger partial charge in [0.1, 0.15) is 11.2 Å². The first-order chi connectivity index (χ1) is 18.3. The van der Waals surface area contributed by atoms with Crippen LogP contribution in [-0.2, 0) is 4.79 Å². The zero-order valence-corrected chi connectivity index (χ0v) is 21.3. The molecule has 0 saturated carbocycles. The maximum absolute atomic E-state index is 12.4. The Bertz CT molecular complexity index is 1780. The molecule has 0 aliphatic heterocycles. The second-order valence-electron chi connectivity index (χ2n) is 10.5. The molecule has 6 aromatic rings. The molecular weight excluding hydrogens is 476 g/mol. The van der Waals surface area contributed by atoms with Crippen molar-refractivity contribution in [1.82, 2.24) is 35.1 Å². The number of aromatic amines is 2. The van der Waals surface area contributed by atoms with Crippen molar-refractivity contribution in [2.24, 2.45) is 5.41 Å². The van der Waals surface area contributed by atoms with Crippen molar-refractivity contribution < 1.29 is 4.79 Å². The van der Waals surface area contributed by atoms with E-state index >= 15 is 0 Å². The Hall–Kier alpha value is -4.92. The number of fused-ring (bicyclic) bond motifs is 2. The largest absolute Gasteiger partial charge is 0.335 e. The van der Waals surface area contributed by atoms with E-state index in [0.29, 0.717) is 23.6 Å². The smallest absolute Gasteiger partial charge is 0.224 e. The molecule has 6 rings (SSSR count). The zero-order valence-electron chi connectivity index (χ0n) is 21.3. The first kappa shape index (κ1) is 23.5. The minimum atomic E-state index is -0.0943. The lowest BCUT2D eigenvalue weighted by molar-refractivity contribution is -0.117. The van der Waals surface area contributed by atoms with Gasteiger partial charge in [-0.25, -0.2) is 4.98 Å². The summed E-state index contributed by atoms with van der Waals surface area (Å²) in [5.41, 5.74) is 7.23. The maximum Gasteiger partial charge on any atom is 0.224 e. The Morgan fingerprint density at radius 3 is 2.63 bits per heavy atom. The van der Waals surface area contributed by atoms with Crippen LogP contribution < -0.4 is 5.32 Å². The summed E-state index contributed by atoms with van der Waals surface area (Å²) in [6.45, 7) is 6.12. The van der Waals surface area contributed by atoms with Gasteiger partial charge in [-0.05, 0) is 41.3 Å². The summed E-state index contributed by atoms with van der Waals surface area (Å²) in [5.74, 6) is 0.600. The molecule has 0 fully saturated rings. The first-order valence-electron chi connectivity index (χ1n) is 12.3. The fraction of sp³-hybridized carbons (Fsp3) is 0.172. The number of carbonyl (C=O) groups is 1. The minimum absolute atomic E-state index is 0.0338. The molecule has 1 aromatic carbocycles. The zero-order chi connectivity index (χ0) is 26.3. The molecule has 9 heteroatoms. The summed E-state index contributed by atoms with van der Waals surface area (Å²) < 4.78 is 0. The quantitative estimate of drug-likeness (QED) is 0.265. The SMILES string of the molecule is CC(C)(C)CC(=O)Nc1cncc(-c2ccc3[nH]nc(-c4nc5c(-c6ccccn6)cncc5[nH]4)c3c2)c1. The highest BCUT2D eigenvalue weighted by molar-refractivity contribution is 5.98. The lowest BCUT2D eigenvalue weighted by atomic mass is 9.92. The number of H-pyrrole nitrogens is 2. The molecule has 5 heterocycles. The molecule has 3 N–H and O–H groups in total. The molecule has 38 heavy (non-hydrogen) atoms. The number of hydrogen-bond acceptors (Lipinski definition) is 6. The second-order valence-corrected chi connectivity index (χ2v) is 10.5. The molecule has 1 amide bonds. The molecule has 0 unspecified atom stereocenters. The average molecular weight is 503 g/mol. The minimum Gasteiger partial charge on any atom is -0.335 e. The van der Waals surface area contributed by atoms with Crippen molar-refractivity contribution in [3.8, 4) is 33.9 Å². The van der Waals surface area contributed by atoms with E-state index in [-0.39, 0.29) is 11.3 Å². The summed E-state index contributed by atoms with van der Waals surface area (Å²) in [5, 5.41) is 11.5. The van der Waals surface area contributed by atoms with Crippen LogP contribution in [0.5, 0.6) is 0 Å². The van der Waals surface area contributed by atoms with Gasteiger partial charge < -0.3 is 10.3 Å². The van der Waals surface area contributed by atoms with Crippen LogP contribution in [0.15, 0.2) is 73.4 Å². The van der Waals surface area contributed by atoms with Crippen molar-refractivity contribution in [1.29, 1.82) is 0 Å². The van der Waals surface area contributed by atoms with Crippen LogP contribution >= 0.6 is 0 Å². The van der Waals surface area contributed by atoms with Gasteiger partial charge in [-0.3, -0.25) is 24.8 Å². The summed E-state index contributed by atoms with van der Waals surface area (Å²) in [4.78, 5) is 33.9. The van der Waals surface area contributed by atoms with Crippen molar-refractivity contribution in [2.75, 3.05) is 5.32 Å². The number of nitrogens with one attached hydrogen (secondary N) is 3. The Morgan fingerprint density at radius 2 is 1.82 bits per heavy atom. The van der Waals surface area contributed by atoms with Gasteiger partial charge in [-0.15, -0.1) is 0 Å². The molecule has 0 aliphatic carbocycles. The van der Waals surface area contributed by atoms with Gasteiger partial charge in [0.15, 0.2) is 5.82 Å². The van der Waals surface area contributed by atoms with Crippen molar-refractivity contribution >= 4 is 33.5 Å². The highest BCUT2D eigenvalue weighted by Gasteiger charge is 2.18. The summed E-state index contributed by atoms with van der Waals surface area (Å²) in [7, 11) is 0. The Morgan fingerprint density at radius 1 is 0.947 bits per heavy atom. The third kappa shape index (κ3) is 4.61. The number of aromatic nitrogens is 7. The highest BCUT2D eigenvalue weighted by Crippen LogP contribution is 2.32. The number of rotatable bonds is 5. The van der Waals surface area contributed by atoms with Crippen LogP contribution in [0.3, 0.4) is 0 Å². The number of anilines is 1. The number of pyridine rings is 3. The molecule has 0 aliphatic rings. The molecule has 0 radical (unpaired) electrons. The van der Waals surface area contributed by atoms with Gasteiger partial charge in [0.05, 0.1) is 34.8 Å². The van der Waals surface area contributed by atoms with Crippen LogP contribution in [0.1, 0.15) is 27.2 Å². The average Bonchev–Trinajstić information content (AvgIpc) is 3.51. The van der Waals surface area contributed by atoms with E-state index in [4.69, 9.17) is 4.98 Å². The van der Waals surface area contributed by atoms with Gasteiger partial charge in [-0.1, -0.05) is 32.9 Å². The first-order valence-corrected chi connectivity index (χ1v) is 12.3. The van der Waals surface area contributed by atoms with Crippen LogP contribution in [0, 0.1) is 5.41 Å². The third-order valence-corrected chi connectivity index (χ3v) is 6.17. The van der Waals surface area contributed by atoms with Crippen molar-refractivity contribution in [3.63, 3.8) is 0 Å². The predicted molar refractivity (Wildman–Crippen MR) is 148 cm³/mol. The Kier molecular flexibility index (Phi) is 5.68. The molecule has 9 nitrogen and oxygen atoms in total. The van der Waals surface area contributed by atoms with E-state index < -0.39 is 0 Å². The fourth-order valence-electron chi connectivity index (χ4n) is 4.48. The van der Waals surface area contributed by atoms with Gasteiger partial charge in [0, 0.05) is 41.5 Å². The number of benzene rings is 1. The van der Waals surface area contributed by atoms with E-state index in [2.05, 4.69) is 41.5 Å². The van der Waals surface area contributed by atoms with Crippen LogP contribution in [-0.4, -0.2) is 41.0 Å². The van der Waals surface area contributed by atoms with Gasteiger partial charge in [-0.2, -0.15) is 5.10 Å². The van der Waals surface area contributed by atoms with E-state index in [1.165, 1.54) is 0 Å². The maximum atomic E-state index is 12.4. The predicted octanol–water partition coefficient (Wildman–Crippen LogP) is 6.00. The Balaban J connectivity index is 1.36. The molecule has 188 valence electrons. The lowest BCUT2D eigenvalue weighted by Crippen LogP contribution is -2.19. The molecular formula is C29H26N8O. The van der Waals surface area contributed by atoms with Crippen LogP contribution in [0.4, 0.5) is 5.69 Å². The van der Waals surface area contributed by atoms with E-state index in [0.717, 1.165) is 44.3 Å². The lowest BCUT2D eigenvalue weighted by Gasteiger charge is -2.17. The third-order valence-electron chi connectivity index (χ3n) is 6.17. The summed E-state index contributed by atoms with van der Waals surface area (Å²) in [6, 6.07) is 13.7. The van der Waals surface area contributed by atoms with E-state index in [1.807, 2.05) is 57.2 Å². The topological polar surface area (TPSA) is 125 Å². The van der Waals surface area contributed by atoms with Crippen LogP contribution in [0.2, 0.25) is 0 Å². The van der Waals surface area contributed by atoms with Gasteiger partial charge >= 0.3 is 0 Å². The second kappa shape index (κ2) is 9.19. The van der Waals surface area contributed by atoms with Gasteiger partial charge in [0.2, 0.25) is 5.91 Å². The highest BCUT2D eigenvalue weighted by atomic mass is 16.1. The number of nitrogens with zero attached hydrogens (tertiary/aromatic N) is 5. The monoisotopic (exact) mass is 502 g/mol. The normalized spacial score (nSPS) is 11.8. The van der Waals surface area contributed by atoms with Crippen LogP contribution in [0.25, 0.3) is 55.8 Å². The summed E-state index contributed by atoms with van der Waals surface area (Å²) >= 11 is 0. The molecule has 5 aromatic heterocycles. The molecule has 0 spiro atoms. The number of amides is 1. The van der Waals surface area contributed by atoms with E-state index in [1.54, 1.807) is 31.0 Å². The van der Waals surface area contributed by atoms with Gasteiger partial charge in [0.25, 0.3) is 0 Å². The van der Waals surface area contributed by atoms with E-state index in [9.17, 15) is 4.79 Å². The molecule has 0 atom stereocenters. The molecule has 0 saturated heterocycles. The fourth-order valence-corrected chi connectivity index (χ4v) is 4.48. The number of imidazole rings is 1. The molecule has 0 bridgehead atoms. The van der Waals surface area contributed by atoms with Crippen molar-refractivity contribution in [2.45, 2.75) is 27.2 Å². The number of hydrogen-bond donors (Lipinski definition) is 3. The Labute approximate surface area is 218 Å². The number of carbonyl (C=O) groups excluding carboxylic acids is 1. The standard InChI is InChI=1S/C29H26N8O/c1-29(2,3)12-25(38)33-19-10-18(13-30-14-19)17-7-8-23-20(11-17)27(37-36-23)28-34-24-16-31-15-21(26(24)35-28)22-6-4-5-9-32-22/h4-11,13-16H,12H2,1-3H3,(H,33,38)(H,34,35)(H,36,37). The van der Waals surface area contributed by atoms with Crippen molar-refractivity contribution in [3.05, 3.63) is 73.4 Å². The summed E-state index contributed by atoms with van der Waals surface area (Å²) in [6.07, 6.45) is 9.15.